The third-order valence-electron chi connectivity index (χ3n) is 1.99. The van der Waals surface area contributed by atoms with E-state index >= 15 is 0 Å². The number of esters is 1. The zero-order valence-electron chi connectivity index (χ0n) is 8.41. The Kier molecular flexibility index (Phi) is 2.91. The summed E-state index contributed by atoms with van der Waals surface area (Å²) < 4.78 is 20.4. The van der Waals surface area contributed by atoms with E-state index in [0.29, 0.717) is 10.1 Å². The van der Waals surface area contributed by atoms with E-state index in [2.05, 4.69) is 20.9 Å². The number of imidazole rings is 1. The summed E-state index contributed by atoms with van der Waals surface area (Å²) in [7, 11) is 0. The van der Waals surface area contributed by atoms with Gasteiger partial charge in [-0.05, 0) is 35.0 Å². The lowest BCUT2D eigenvalue weighted by Gasteiger charge is -1.97. The van der Waals surface area contributed by atoms with Crippen LogP contribution in [0.4, 0.5) is 4.39 Å². The molecule has 0 aromatic carbocycles. The fourth-order valence-electron chi connectivity index (χ4n) is 1.32. The second-order valence-corrected chi connectivity index (χ2v) is 3.96. The maximum Gasteiger partial charge on any atom is 0.361 e. The molecule has 0 saturated heterocycles. The number of carbonyl (C=O) groups is 1. The second-order valence-electron chi connectivity index (χ2n) is 3.05. The van der Waals surface area contributed by atoms with Crippen molar-refractivity contribution in [1.29, 1.82) is 0 Å². The van der Waals surface area contributed by atoms with Crippen LogP contribution in [-0.4, -0.2) is 22.0 Å². The van der Waals surface area contributed by atoms with Gasteiger partial charge in [-0.2, -0.15) is 4.39 Å². The fourth-order valence-corrected chi connectivity index (χ4v) is 1.66. The average Bonchev–Trinajstić information content (AvgIpc) is 2.57. The minimum atomic E-state index is -0.750. The maximum atomic E-state index is 13.8. The molecule has 84 valence electrons. The van der Waals surface area contributed by atoms with Crippen molar-refractivity contribution in [3.8, 4) is 0 Å². The number of pyridine rings is 1. The van der Waals surface area contributed by atoms with E-state index in [1.54, 1.807) is 19.1 Å². The second kappa shape index (κ2) is 4.21. The molecule has 0 aliphatic carbocycles. The summed E-state index contributed by atoms with van der Waals surface area (Å²) in [6.45, 7) is 1.85. The lowest BCUT2D eigenvalue weighted by atomic mass is 10.5. The summed E-state index contributed by atoms with van der Waals surface area (Å²) in [5.41, 5.74) is 0.0729. The summed E-state index contributed by atoms with van der Waals surface area (Å²) in [5, 5.41) is 0. The molecule has 0 fully saturated rings. The summed E-state index contributed by atoms with van der Waals surface area (Å²) in [6, 6.07) is 3.33. The number of hydrogen-bond donors (Lipinski definition) is 0. The van der Waals surface area contributed by atoms with Crippen molar-refractivity contribution in [3.05, 3.63) is 34.4 Å². The molecule has 4 nitrogen and oxygen atoms in total. The number of fused-ring (bicyclic) bond motifs is 1. The minimum absolute atomic E-state index is 0.190. The topological polar surface area (TPSA) is 43.6 Å². The van der Waals surface area contributed by atoms with E-state index in [9.17, 15) is 9.18 Å². The van der Waals surface area contributed by atoms with Crippen LogP contribution in [0.15, 0.2) is 22.8 Å². The van der Waals surface area contributed by atoms with Gasteiger partial charge in [-0.25, -0.2) is 9.78 Å². The summed E-state index contributed by atoms with van der Waals surface area (Å²) >= 11 is 3.21. The Morgan fingerprint density at radius 3 is 3.06 bits per heavy atom. The SMILES string of the molecule is CCOC(=O)c1nc2ccc(Br)cn2c1F. The molecule has 0 radical (unpaired) electrons. The van der Waals surface area contributed by atoms with Gasteiger partial charge in [0, 0.05) is 10.7 Å². The molecular weight excluding hydrogens is 279 g/mol. The van der Waals surface area contributed by atoms with E-state index in [1.165, 1.54) is 10.6 Å². The van der Waals surface area contributed by atoms with E-state index in [0.717, 1.165) is 0 Å². The van der Waals surface area contributed by atoms with Gasteiger partial charge in [0.25, 0.3) is 0 Å². The van der Waals surface area contributed by atoms with Crippen molar-refractivity contribution in [3.63, 3.8) is 0 Å². The average molecular weight is 287 g/mol. The highest BCUT2D eigenvalue weighted by molar-refractivity contribution is 9.10. The molecule has 0 bridgehead atoms. The van der Waals surface area contributed by atoms with Crippen molar-refractivity contribution in [1.82, 2.24) is 9.38 Å². The molecule has 2 aromatic heterocycles. The van der Waals surface area contributed by atoms with Gasteiger partial charge >= 0.3 is 5.97 Å². The first kappa shape index (κ1) is 11.1. The van der Waals surface area contributed by atoms with Crippen LogP contribution in [0, 0.1) is 5.95 Å². The van der Waals surface area contributed by atoms with Crippen LogP contribution in [-0.2, 0) is 4.74 Å². The zero-order chi connectivity index (χ0) is 11.7. The zero-order valence-corrected chi connectivity index (χ0v) is 9.99. The number of ether oxygens (including phenoxy) is 1. The minimum Gasteiger partial charge on any atom is -0.461 e. The molecule has 2 heterocycles. The number of hydrogen-bond acceptors (Lipinski definition) is 3. The summed E-state index contributed by atoms with van der Waals surface area (Å²) in [6.07, 6.45) is 1.50. The van der Waals surface area contributed by atoms with Gasteiger partial charge < -0.3 is 4.74 Å². The molecule has 0 atom stereocenters. The number of carbonyl (C=O) groups excluding carboxylic acids is 1. The molecule has 0 aliphatic rings. The van der Waals surface area contributed by atoms with Crippen molar-refractivity contribution in [2.24, 2.45) is 0 Å². The molecular formula is C10H8BrFN2O2. The molecule has 0 unspecified atom stereocenters. The number of rotatable bonds is 2. The molecule has 2 rings (SSSR count). The standard InChI is InChI=1S/C10H8BrFN2O2/c1-2-16-10(15)8-9(12)14-5-6(11)3-4-7(14)13-8/h3-5H,2H2,1H3. The van der Waals surface area contributed by atoms with Gasteiger partial charge in [0.2, 0.25) is 11.6 Å². The lowest BCUT2D eigenvalue weighted by Crippen LogP contribution is -2.07. The van der Waals surface area contributed by atoms with Crippen LogP contribution in [0.2, 0.25) is 0 Å². The van der Waals surface area contributed by atoms with Crippen LogP contribution in [0.5, 0.6) is 0 Å². The van der Waals surface area contributed by atoms with Crippen LogP contribution < -0.4 is 0 Å². The first-order chi connectivity index (χ1) is 7.63. The smallest absolute Gasteiger partial charge is 0.361 e. The Labute approximate surface area is 99.2 Å². The van der Waals surface area contributed by atoms with Crippen LogP contribution >= 0.6 is 15.9 Å². The largest absolute Gasteiger partial charge is 0.461 e. The van der Waals surface area contributed by atoms with Gasteiger partial charge in [0.1, 0.15) is 5.65 Å². The molecule has 0 N–H and O–H groups in total. The summed E-state index contributed by atoms with van der Waals surface area (Å²) in [5.74, 6) is -1.46. The van der Waals surface area contributed by atoms with Crippen LogP contribution in [0.3, 0.4) is 0 Å². The maximum absolute atomic E-state index is 13.8. The predicted octanol–water partition coefficient (Wildman–Crippen LogP) is 2.41. The third-order valence-corrected chi connectivity index (χ3v) is 2.46. The predicted molar refractivity (Wildman–Crippen MR) is 58.8 cm³/mol. The molecule has 0 spiro atoms. The Hall–Kier alpha value is -1.43. The molecule has 16 heavy (non-hydrogen) atoms. The Morgan fingerprint density at radius 2 is 2.38 bits per heavy atom. The molecule has 6 heteroatoms. The van der Waals surface area contributed by atoms with E-state index in [4.69, 9.17) is 4.74 Å². The first-order valence-electron chi connectivity index (χ1n) is 4.63. The van der Waals surface area contributed by atoms with Crippen LogP contribution in [0.25, 0.3) is 5.65 Å². The van der Waals surface area contributed by atoms with E-state index in [-0.39, 0.29) is 12.3 Å². The van der Waals surface area contributed by atoms with Crippen molar-refractivity contribution < 1.29 is 13.9 Å². The highest BCUT2D eigenvalue weighted by Crippen LogP contribution is 2.16. The van der Waals surface area contributed by atoms with Crippen molar-refractivity contribution >= 4 is 27.5 Å². The van der Waals surface area contributed by atoms with Gasteiger partial charge in [0.05, 0.1) is 6.61 Å². The first-order valence-corrected chi connectivity index (χ1v) is 5.43. The quantitative estimate of drug-likeness (QED) is 0.797. The van der Waals surface area contributed by atoms with E-state index < -0.39 is 11.9 Å². The number of nitrogens with zero attached hydrogens (tertiary/aromatic N) is 2. The monoisotopic (exact) mass is 286 g/mol. The van der Waals surface area contributed by atoms with Crippen LogP contribution in [0.1, 0.15) is 17.4 Å². The van der Waals surface area contributed by atoms with Gasteiger partial charge in [0.15, 0.2) is 0 Å². The highest BCUT2D eigenvalue weighted by atomic mass is 79.9. The third kappa shape index (κ3) is 1.80. The number of halogens is 2. The van der Waals surface area contributed by atoms with Gasteiger partial charge in [-0.3, -0.25) is 4.40 Å². The van der Waals surface area contributed by atoms with Gasteiger partial charge in [-0.15, -0.1) is 0 Å². The Balaban J connectivity index is 2.56. The van der Waals surface area contributed by atoms with Crippen molar-refractivity contribution in [2.75, 3.05) is 6.61 Å². The van der Waals surface area contributed by atoms with Crippen molar-refractivity contribution in [2.45, 2.75) is 6.92 Å². The Morgan fingerprint density at radius 1 is 1.62 bits per heavy atom. The summed E-state index contributed by atoms with van der Waals surface area (Å²) in [4.78, 5) is 15.2. The van der Waals surface area contributed by atoms with Gasteiger partial charge in [-0.1, -0.05) is 0 Å². The molecule has 0 amide bonds. The lowest BCUT2D eigenvalue weighted by molar-refractivity contribution is 0.0514. The normalized spacial score (nSPS) is 10.7. The fraction of sp³-hybridized carbons (Fsp3) is 0.200. The van der Waals surface area contributed by atoms with E-state index in [1.807, 2.05) is 0 Å². The molecule has 0 saturated carbocycles. The molecule has 2 aromatic rings. The number of aromatic nitrogens is 2. The molecule has 0 aliphatic heterocycles. The Bertz CT molecular complexity index is 553. The highest BCUT2D eigenvalue weighted by Gasteiger charge is 2.19.